The van der Waals surface area contributed by atoms with Crippen molar-refractivity contribution < 1.29 is 14.7 Å². The molecule has 0 aliphatic rings. The summed E-state index contributed by atoms with van der Waals surface area (Å²) in [5.41, 5.74) is 5.14. The van der Waals surface area contributed by atoms with Gasteiger partial charge < -0.3 is 10.8 Å². The van der Waals surface area contributed by atoms with E-state index < -0.39 is 11.9 Å². The Hall–Kier alpha value is -2.41. The fourth-order valence-corrected chi connectivity index (χ4v) is 1.48. The summed E-state index contributed by atoms with van der Waals surface area (Å²) in [6.07, 6.45) is 2.50. The molecule has 1 amide bonds. The summed E-state index contributed by atoms with van der Waals surface area (Å²) in [5, 5.41) is 13.0. The zero-order valence-corrected chi connectivity index (χ0v) is 9.63. The van der Waals surface area contributed by atoms with Gasteiger partial charge in [0.2, 0.25) is 0 Å². The van der Waals surface area contributed by atoms with E-state index in [0.717, 1.165) is 4.68 Å². The van der Waals surface area contributed by atoms with E-state index in [2.05, 4.69) is 10.1 Å². The predicted octanol–water partition coefficient (Wildman–Crippen LogP) is 0.718. The van der Waals surface area contributed by atoms with Crippen molar-refractivity contribution in [3.63, 3.8) is 0 Å². The number of primary amides is 1. The molecule has 92 valence electrons. The highest BCUT2D eigenvalue weighted by Gasteiger charge is 2.15. The lowest BCUT2D eigenvalue weighted by Crippen LogP contribution is -2.10. The van der Waals surface area contributed by atoms with Gasteiger partial charge in [0.1, 0.15) is 10.7 Å². The molecular formula is C10H7ClN4O3. The SMILES string of the molecule is NC(=O)c1cnn(-c2nc(Cl)ccc2C(=O)O)c1. The minimum absolute atomic E-state index is 0.0162. The van der Waals surface area contributed by atoms with Crippen LogP contribution < -0.4 is 5.73 Å². The number of carboxylic acids is 1. The lowest BCUT2D eigenvalue weighted by atomic mass is 10.2. The number of aromatic carboxylic acids is 1. The van der Waals surface area contributed by atoms with Crippen LogP contribution >= 0.6 is 11.6 Å². The third-order valence-corrected chi connectivity index (χ3v) is 2.37. The maximum atomic E-state index is 11.0. The van der Waals surface area contributed by atoms with Gasteiger partial charge in [-0.2, -0.15) is 5.10 Å². The van der Waals surface area contributed by atoms with Gasteiger partial charge in [0, 0.05) is 6.20 Å². The van der Waals surface area contributed by atoms with E-state index in [9.17, 15) is 9.59 Å². The zero-order chi connectivity index (χ0) is 13.3. The van der Waals surface area contributed by atoms with Gasteiger partial charge in [0.05, 0.1) is 11.8 Å². The number of amides is 1. The van der Waals surface area contributed by atoms with Crippen molar-refractivity contribution in [3.8, 4) is 5.82 Å². The molecule has 0 radical (unpaired) electrons. The quantitative estimate of drug-likeness (QED) is 0.795. The smallest absolute Gasteiger partial charge is 0.339 e. The van der Waals surface area contributed by atoms with Crippen LogP contribution in [0, 0.1) is 0 Å². The van der Waals surface area contributed by atoms with E-state index in [4.69, 9.17) is 22.4 Å². The van der Waals surface area contributed by atoms with Crippen LogP contribution in [-0.2, 0) is 0 Å². The summed E-state index contributed by atoms with van der Waals surface area (Å²) >= 11 is 5.70. The van der Waals surface area contributed by atoms with Crippen molar-refractivity contribution >= 4 is 23.5 Å². The fraction of sp³-hybridized carbons (Fsp3) is 0. The number of halogens is 1. The van der Waals surface area contributed by atoms with Crippen LogP contribution in [0.25, 0.3) is 5.82 Å². The van der Waals surface area contributed by atoms with Crippen LogP contribution in [0.4, 0.5) is 0 Å². The standard InChI is InChI=1S/C10H7ClN4O3/c11-7-2-1-6(10(17)18)9(14-7)15-4-5(3-13-15)8(12)16/h1-4H,(H2,12,16)(H,17,18). The first-order valence-corrected chi connectivity index (χ1v) is 5.11. The van der Waals surface area contributed by atoms with Crippen LogP contribution in [0.3, 0.4) is 0 Å². The van der Waals surface area contributed by atoms with Crippen molar-refractivity contribution in [2.45, 2.75) is 0 Å². The highest BCUT2D eigenvalue weighted by Crippen LogP contribution is 2.16. The van der Waals surface area contributed by atoms with Crippen LogP contribution in [0.1, 0.15) is 20.7 Å². The normalized spacial score (nSPS) is 10.3. The van der Waals surface area contributed by atoms with Crippen molar-refractivity contribution in [1.82, 2.24) is 14.8 Å². The van der Waals surface area contributed by atoms with E-state index in [0.29, 0.717) is 0 Å². The van der Waals surface area contributed by atoms with Gasteiger partial charge in [-0.1, -0.05) is 11.6 Å². The molecule has 0 aliphatic heterocycles. The molecule has 2 rings (SSSR count). The van der Waals surface area contributed by atoms with Crippen molar-refractivity contribution in [3.05, 3.63) is 40.8 Å². The average Bonchev–Trinajstić information content (AvgIpc) is 2.77. The van der Waals surface area contributed by atoms with Gasteiger partial charge in [0.25, 0.3) is 5.91 Å². The largest absolute Gasteiger partial charge is 0.478 e. The van der Waals surface area contributed by atoms with Gasteiger partial charge >= 0.3 is 5.97 Å². The molecule has 3 N–H and O–H groups in total. The molecule has 2 aromatic heterocycles. The Balaban J connectivity index is 2.57. The first kappa shape index (κ1) is 12.1. The summed E-state index contributed by atoms with van der Waals surface area (Å²) in [5.74, 6) is -1.83. The molecule has 2 heterocycles. The molecule has 0 fully saturated rings. The van der Waals surface area contributed by atoms with Crippen LogP contribution in [-0.4, -0.2) is 31.7 Å². The first-order chi connectivity index (χ1) is 8.49. The lowest BCUT2D eigenvalue weighted by Gasteiger charge is -2.04. The summed E-state index contributed by atoms with van der Waals surface area (Å²) in [4.78, 5) is 25.8. The Bertz CT molecular complexity index is 638. The number of aromatic nitrogens is 3. The molecule has 0 aromatic carbocycles. The van der Waals surface area contributed by atoms with E-state index in [-0.39, 0.29) is 22.1 Å². The van der Waals surface area contributed by atoms with E-state index >= 15 is 0 Å². The molecule has 0 bridgehead atoms. The number of carbonyl (C=O) groups excluding carboxylic acids is 1. The third kappa shape index (κ3) is 2.16. The van der Waals surface area contributed by atoms with E-state index in [1.54, 1.807) is 0 Å². The van der Waals surface area contributed by atoms with Crippen LogP contribution in [0.5, 0.6) is 0 Å². The van der Waals surface area contributed by atoms with E-state index in [1.165, 1.54) is 24.5 Å². The Labute approximate surface area is 106 Å². The number of hydrogen-bond acceptors (Lipinski definition) is 4. The first-order valence-electron chi connectivity index (χ1n) is 4.73. The van der Waals surface area contributed by atoms with Gasteiger partial charge in [-0.3, -0.25) is 4.79 Å². The minimum atomic E-state index is -1.18. The van der Waals surface area contributed by atoms with Crippen molar-refractivity contribution in [1.29, 1.82) is 0 Å². The van der Waals surface area contributed by atoms with Gasteiger partial charge in [-0.15, -0.1) is 0 Å². The number of carbonyl (C=O) groups is 2. The molecule has 7 nitrogen and oxygen atoms in total. The zero-order valence-electron chi connectivity index (χ0n) is 8.87. The Morgan fingerprint density at radius 2 is 2.11 bits per heavy atom. The number of pyridine rings is 1. The molecule has 0 saturated carbocycles. The molecule has 0 aliphatic carbocycles. The fourth-order valence-electron chi connectivity index (χ4n) is 1.33. The molecule has 0 saturated heterocycles. The number of carboxylic acid groups (broad SMARTS) is 1. The molecular weight excluding hydrogens is 260 g/mol. The van der Waals surface area contributed by atoms with Crippen LogP contribution in [0.2, 0.25) is 5.15 Å². The van der Waals surface area contributed by atoms with Gasteiger partial charge in [0.15, 0.2) is 5.82 Å². The molecule has 18 heavy (non-hydrogen) atoms. The van der Waals surface area contributed by atoms with Gasteiger partial charge in [-0.05, 0) is 12.1 Å². The number of nitrogens with zero attached hydrogens (tertiary/aromatic N) is 3. The predicted molar refractivity (Wildman–Crippen MR) is 61.8 cm³/mol. The molecule has 0 spiro atoms. The Morgan fingerprint density at radius 3 is 2.67 bits per heavy atom. The second-order valence-electron chi connectivity index (χ2n) is 3.35. The minimum Gasteiger partial charge on any atom is -0.478 e. The second kappa shape index (κ2) is 4.46. The molecule has 2 aromatic rings. The molecule has 0 unspecified atom stereocenters. The monoisotopic (exact) mass is 266 g/mol. The number of hydrogen-bond donors (Lipinski definition) is 2. The molecule has 8 heteroatoms. The second-order valence-corrected chi connectivity index (χ2v) is 3.74. The van der Waals surface area contributed by atoms with Crippen molar-refractivity contribution in [2.24, 2.45) is 5.73 Å². The highest BCUT2D eigenvalue weighted by atomic mass is 35.5. The summed E-state index contributed by atoms with van der Waals surface area (Å²) in [6.45, 7) is 0. The topological polar surface area (TPSA) is 111 Å². The summed E-state index contributed by atoms with van der Waals surface area (Å²) in [6, 6.07) is 2.66. The number of nitrogens with two attached hydrogens (primary N) is 1. The summed E-state index contributed by atoms with van der Waals surface area (Å²) < 4.78 is 1.13. The Morgan fingerprint density at radius 1 is 1.39 bits per heavy atom. The summed E-state index contributed by atoms with van der Waals surface area (Å²) in [7, 11) is 0. The highest BCUT2D eigenvalue weighted by molar-refractivity contribution is 6.29. The molecule has 0 atom stereocenters. The average molecular weight is 267 g/mol. The van der Waals surface area contributed by atoms with Crippen LogP contribution in [0.15, 0.2) is 24.5 Å². The maximum Gasteiger partial charge on any atom is 0.339 e. The number of rotatable bonds is 3. The van der Waals surface area contributed by atoms with Crippen molar-refractivity contribution in [2.75, 3.05) is 0 Å². The third-order valence-electron chi connectivity index (χ3n) is 2.16. The maximum absolute atomic E-state index is 11.0. The Kier molecular flexibility index (Phi) is 2.99. The van der Waals surface area contributed by atoms with E-state index in [1.807, 2.05) is 0 Å². The lowest BCUT2D eigenvalue weighted by molar-refractivity contribution is 0.0696. The van der Waals surface area contributed by atoms with Gasteiger partial charge in [-0.25, -0.2) is 14.5 Å².